The summed E-state index contributed by atoms with van der Waals surface area (Å²) in [7, 11) is 0. The molecule has 4 nitrogen and oxygen atoms in total. The average Bonchev–Trinajstić information content (AvgIpc) is 2.96. The molecule has 1 fully saturated rings. The van der Waals surface area contributed by atoms with Crippen LogP contribution in [0.4, 0.5) is 0 Å². The maximum Gasteiger partial charge on any atom is 0.223 e. The summed E-state index contributed by atoms with van der Waals surface area (Å²) in [6.45, 7) is 4.18. The molecule has 1 aromatic heterocycles. The van der Waals surface area contributed by atoms with Gasteiger partial charge in [-0.15, -0.1) is 0 Å². The lowest BCUT2D eigenvalue weighted by Crippen LogP contribution is -2.48. The molecule has 1 saturated heterocycles. The molecule has 1 aliphatic rings. The Labute approximate surface area is 125 Å². The molecule has 3 rings (SSSR count). The van der Waals surface area contributed by atoms with Crippen molar-refractivity contribution in [2.75, 3.05) is 19.8 Å². The normalized spacial score (nSPS) is 19.1. The van der Waals surface area contributed by atoms with Gasteiger partial charge in [0.2, 0.25) is 5.91 Å². The fourth-order valence-corrected chi connectivity index (χ4v) is 3.05. The van der Waals surface area contributed by atoms with Crippen molar-refractivity contribution in [3.8, 4) is 0 Å². The summed E-state index contributed by atoms with van der Waals surface area (Å²) >= 11 is 0. The Morgan fingerprint density at radius 2 is 2.29 bits per heavy atom. The number of carbonyl (C=O) groups excluding carboxylic acids is 1. The van der Waals surface area contributed by atoms with Gasteiger partial charge in [-0.3, -0.25) is 4.79 Å². The van der Waals surface area contributed by atoms with Crippen LogP contribution < -0.4 is 0 Å². The lowest BCUT2D eigenvalue weighted by atomic mass is 10.1. The Morgan fingerprint density at radius 3 is 3.14 bits per heavy atom. The van der Waals surface area contributed by atoms with Gasteiger partial charge in [-0.2, -0.15) is 0 Å². The van der Waals surface area contributed by atoms with Crippen molar-refractivity contribution in [2.45, 2.75) is 32.2 Å². The van der Waals surface area contributed by atoms with Crippen LogP contribution >= 0.6 is 0 Å². The van der Waals surface area contributed by atoms with Crippen molar-refractivity contribution < 1.29 is 9.53 Å². The highest BCUT2D eigenvalue weighted by atomic mass is 16.5. The number of ether oxygens (including phenoxy) is 1. The zero-order chi connectivity index (χ0) is 14.7. The zero-order valence-electron chi connectivity index (χ0n) is 12.5. The van der Waals surface area contributed by atoms with Gasteiger partial charge < -0.3 is 14.6 Å². The summed E-state index contributed by atoms with van der Waals surface area (Å²) in [5, 5.41) is 1.22. The van der Waals surface area contributed by atoms with E-state index < -0.39 is 0 Å². The van der Waals surface area contributed by atoms with Gasteiger partial charge in [0.05, 0.1) is 19.3 Å². The number of benzene rings is 1. The molecular weight excluding hydrogens is 264 g/mol. The predicted molar refractivity (Wildman–Crippen MR) is 83.2 cm³/mol. The van der Waals surface area contributed by atoms with Crippen LogP contribution in [0, 0.1) is 0 Å². The molecule has 2 heterocycles. The highest BCUT2D eigenvalue weighted by Gasteiger charge is 2.25. The van der Waals surface area contributed by atoms with E-state index in [0.717, 1.165) is 24.9 Å². The van der Waals surface area contributed by atoms with Crippen LogP contribution in [0.3, 0.4) is 0 Å². The second kappa shape index (κ2) is 6.31. The fraction of sp³-hybridized carbons (Fsp3) is 0.471. The number of fused-ring (bicyclic) bond motifs is 1. The Bertz CT molecular complexity index is 620. The maximum absolute atomic E-state index is 12.5. The molecule has 1 N–H and O–H groups in total. The van der Waals surface area contributed by atoms with Crippen molar-refractivity contribution in [1.82, 2.24) is 9.88 Å². The molecule has 0 radical (unpaired) electrons. The molecule has 1 aliphatic heterocycles. The van der Waals surface area contributed by atoms with Gasteiger partial charge in [0.15, 0.2) is 0 Å². The van der Waals surface area contributed by atoms with Gasteiger partial charge in [0, 0.05) is 30.1 Å². The van der Waals surface area contributed by atoms with E-state index in [9.17, 15) is 4.79 Å². The fourth-order valence-electron chi connectivity index (χ4n) is 3.05. The molecule has 0 spiro atoms. The van der Waals surface area contributed by atoms with Crippen LogP contribution in [0.25, 0.3) is 10.9 Å². The van der Waals surface area contributed by atoms with Crippen molar-refractivity contribution in [3.05, 3.63) is 36.0 Å². The summed E-state index contributed by atoms with van der Waals surface area (Å²) in [6.07, 6.45) is 4.34. The van der Waals surface area contributed by atoms with Crippen LogP contribution in [0.5, 0.6) is 0 Å². The number of H-pyrrole nitrogens is 1. The van der Waals surface area contributed by atoms with Crippen LogP contribution in [-0.2, 0) is 16.0 Å². The van der Waals surface area contributed by atoms with Gasteiger partial charge in [-0.25, -0.2) is 0 Å². The van der Waals surface area contributed by atoms with Crippen molar-refractivity contribution in [2.24, 2.45) is 0 Å². The van der Waals surface area contributed by atoms with E-state index in [0.29, 0.717) is 19.6 Å². The third-order valence-corrected chi connectivity index (χ3v) is 4.30. The van der Waals surface area contributed by atoms with E-state index in [1.165, 1.54) is 10.9 Å². The Kier molecular flexibility index (Phi) is 4.25. The highest BCUT2D eigenvalue weighted by molar-refractivity contribution is 5.84. The molecule has 112 valence electrons. The quantitative estimate of drug-likeness (QED) is 0.939. The highest BCUT2D eigenvalue weighted by Crippen LogP contribution is 2.20. The van der Waals surface area contributed by atoms with Gasteiger partial charge in [0.25, 0.3) is 0 Å². The Morgan fingerprint density at radius 1 is 1.43 bits per heavy atom. The van der Waals surface area contributed by atoms with Crippen LogP contribution in [-0.4, -0.2) is 41.6 Å². The van der Waals surface area contributed by atoms with Crippen LogP contribution in [0.15, 0.2) is 30.5 Å². The minimum atomic E-state index is 0.245. The van der Waals surface area contributed by atoms with E-state index in [-0.39, 0.29) is 11.9 Å². The Balaban J connectivity index is 1.65. The molecule has 1 unspecified atom stereocenters. The molecule has 4 heteroatoms. The summed E-state index contributed by atoms with van der Waals surface area (Å²) in [5.41, 5.74) is 2.36. The second-order valence-corrected chi connectivity index (χ2v) is 5.58. The maximum atomic E-state index is 12.5. The number of carbonyl (C=O) groups is 1. The van der Waals surface area contributed by atoms with Gasteiger partial charge in [0.1, 0.15) is 0 Å². The summed E-state index contributed by atoms with van der Waals surface area (Å²) < 4.78 is 5.46. The van der Waals surface area contributed by atoms with Crippen molar-refractivity contribution >= 4 is 16.8 Å². The Hall–Kier alpha value is -1.81. The molecule has 0 saturated carbocycles. The standard InChI is InChI=1S/C17H22N2O2/c1-2-14-12-21-10-9-19(14)17(20)8-7-13-11-18-16-6-4-3-5-15(13)16/h3-6,11,14,18H,2,7-10,12H2,1H3. The van der Waals surface area contributed by atoms with E-state index in [1.807, 2.05) is 23.2 Å². The number of aryl methyl sites for hydroxylation is 1. The molecule has 21 heavy (non-hydrogen) atoms. The predicted octanol–water partition coefficient (Wildman–Crippen LogP) is 2.74. The van der Waals surface area contributed by atoms with Gasteiger partial charge in [-0.1, -0.05) is 25.1 Å². The number of rotatable bonds is 4. The number of nitrogens with one attached hydrogen (secondary N) is 1. The lowest BCUT2D eigenvalue weighted by molar-refractivity contribution is -0.139. The SMILES string of the molecule is CCC1COCCN1C(=O)CCc1c[nH]c2ccccc12. The molecule has 1 amide bonds. The number of morpholine rings is 1. The second-order valence-electron chi connectivity index (χ2n) is 5.58. The minimum Gasteiger partial charge on any atom is -0.377 e. The first-order valence-electron chi connectivity index (χ1n) is 7.71. The molecular formula is C17H22N2O2. The van der Waals surface area contributed by atoms with Crippen molar-refractivity contribution in [1.29, 1.82) is 0 Å². The molecule has 0 aliphatic carbocycles. The number of hydrogen-bond acceptors (Lipinski definition) is 2. The minimum absolute atomic E-state index is 0.245. The first-order chi connectivity index (χ1) is 10.3. The van der Waals surface area contributed by atoms with E-state index in [2.05, 4.69) is 24.0 Å². The van der Waals surface area contributed by atoms with E-state index in [1.54, 1.807) is 0 Å². The molecule has 2 aromatic rings. The lowest BCUT2D eigenvalue weighted by Gasteiger charge is -2.35. The number of aromatic nitrogens is 1. The smallest absolute Gasteiger partial charge is 0.223 e. The first-order valence-corrected chi connectivity index (χ1v) is 7.71. The van der Waals surface area contributed by atoms with Crippen LogP contribution in [0.1, 0.15) is 25.3 Å². The number of amides is 1. The monoisotopic (exact) mass is 286 g/mol. The number of para-hydroxylation sites is 1. The summed E-state index contributed by atoms with van der Waals surface area (Å²) in [6, 6.07) is 8.48. The number of nitrogens with zero attached hydrogens (tertiary/aromatic N) is 1. The first kappa shape index (κ1) is 14.1. The van der Waals surface area contributed by atoms with E-state index in [4.69, 9.17) is 4.74 Å². The van der Waals surface area contributed by atoms with Crippen molar-refractivity contribution in [3.63, 3.8) is 0 Å². The molecule has 0 bridgehead atoms. The average molecular weight is 286 g/mol. The van der Waals surface area contributed by atoms with Gasteiger partial charge in [-0.05, 0) is 24.5 Å². The van der Waals surface area contributed by atoms with Crippen LogP contribution in [0.2, 0.25) is 0 Å². The molecule has 1 atom stereocenters. The van der Waals surface area contributed by atoms with Gasteiger partial charge >= 0.3 is 0 Å². The summed E-state index contributed by atoms with van der Waals surface area (Å²) in [5.74, 6) is 0.246. The largest absolute Gasteiger partial charge is 0.377 e. The summed E-state index contributed by atoms with van der Waals surface area (Å²) in [4.78, 5) is 17.7. The number of hydrogen-bond donors (Lipinski definition) is 1. The zero-order valence-corrected chi connectivity index (χ0v) is 12.5. The number of aromatic amines is 1. The van der Waals surface area contributed by atoms with E-state index >= 15 is 0 Å². The topological polar surface area (TPSA) is 45.3 Å². The molecule has 1 aromatic carbocycles. The third kappa shape index (κ3) is 2.95. The third-order valence-electron chi connectivity index (χ3n) is 4.30.